The Morgan fingerprint density at radius 3 is 2.50 bits per heavy atom. The molecule has 0 atom stereocenters. The number of likely N-dealkylation sites (N-methyl/N-ethyl adjacent to an activating group) is 1. The summed E-state index contributed by atoms with van der Waals surface area (Å²) in [7, 11) is -2.26. The Balaban J connectivity index is 1.77. The van der Waals surface area contributed by atoms with Crippen LogP contribution in [0.2, 0.25) is 0 Å². The quantitative estimate of drug-likeness (QED) is 0.618. The van der Waals surface area contributed by atoms with Gasteiger partial charge in [0.05, 0.1) is 17.5 Å². The second kappa shape index (κ2) is 10.2. The zero-order valence-corrected chi connectivity index (χ0v) is 17.4. The first kappa shape index (κ1) is 21.9. The molecule has 0 aliphatic rings. The summed E-state index contributed by atoms with van der Waals surface area (Å²) in [4.78, 5) is 12.3. The summed E-state index contributed by atoms with van der Waals surface area (Å²) in [6.45, 7) is 4.23. The lowest BCUT2D eigenvalue weighted by Crippen LogP contribution is -2.38. The predicted octanol–water partition coefficient (Wildman–Crippen LogP) is 2.84. The second-order valence-corrected chi connectivity index (χ2v) is 8.89. The van der Waals surface area contributed by atoms with Gasteiger partial charge in [0.25, 0.3) is 0 Å². The van der Waals surface area contributed by atoms with E-state index in [4.69, 9.17) is 4.74 Å². The number of carbonyl (C=O) groups excluding carboxylic acids is 1. The summed E-state index contributed by atoms with van der Waals surface area (Å²) >= 11 is 0. The zero-order chi connectivity index (χ0) is 20.6. The van der Waals surface area contributed by atoms with Crippen LogP contribution in [0, 0.1) is 0 Å². The van der Waals surface area contributed by atoms with Crippen LogP contribution in [0.3, 0.4) is 0 Å². The van der Waals surface area contributed by atoms with Crippen LogP contribution in [0.4, 0.5) is 0 Å². The van der Waals surface area contributed by atoms with Crippen LogP contribution in [-0.4, -0.2) is 44.9 Å². The van der Waals surface area contributed by atoms with E-state index in [-0.39, 0.29) is 23.5 Å². The molecule has 0 fully saturated rings. The molecule has 0 aliphatic carbocycles. The third-order valence-electron chi connectivity index (χ3n) is 4.05. The molecule has 0 saturated carbocycles. The summed E-state index contributed by atoms with van der Waals surface area (Å²) in [5.41, 5.74) is 1.14. The molecule has 7 heteroatoms. The molecule has 152 valence electrons. The van der Waals surface area contributed by atoms with Gasteiger partial charge in [-0.3, -0.25) is 4.79 Å². The van der Waals surface area contributed by atoms with Gasteiger partial charge in [0.1, 0.15) is 5.75 Å². The van der Waals surface area contributed by atoms with E-state index >= 15 is 0 Å². The molecular formula is C21H28N2O4S. The van der Waals surface area contributed by atoms with E-state index in [2.05, 4.69) is 5.32 Å². The van der Waals surface area contributed by atoms with Crippen molar-refractivity contribution >= 4 is 15.9 Å². The fraction of sp³-hybridized carbons (Fsp3) is 0.381. The zero-order valence-electron chi connectivity index (χ0n) is 16.6. The van der Waals surface area contributed by atoms with Crippen molar-refractivity contribution in [2.45, 2.75) is 37.7 Å². The first-order valence-corrected chi connectivity index (χ1v) is 10.8. The smallest absolute Gasteiger partial charge is 0.243 e. The summed E-state index contributed by atoms with van der Waals surface area (Å²) in [5, 5.41) is 2.78. The van der Waals surface area contributed by atoms with E-state index < -0.39 is 10.0 Å². The molecule has 28 heavy (non-hydrogen) atoms. The molecule has 1 amide bonds. The maximum atomic E-state index is 12.4. The second-order valence-electron chi connectivity index (χ2n) is 6.84. The summed E-state index contributed by atoms with van der Waals surface area (Å²) in [6, 6.07) is 16.0. The molecule has 0 heterocycles. The third kappa shape index (κ3) is 6.65. The number of hydrogen-bond acceptors (Lipinski definition) is 4. The molecule has 1 N–H and O–H groups in total. The van der Waals surface area contributed by atoms with E-state index in [1.807, 2.05) is 38.1 Å². The molecule has 6 nitrogen and oxygen atoms in total. The normalized spacial score (nSPS) is 11.6. The first-order chi connectivity index (χ1) is 13.3. The molecular weight excluding hydrogens is 376 g/mol. The minimum Gasteiger partial charge on any atom is -0.491 e. The van der Waals surface area contributed by atoms with Gasteiger partial charge in [-0.2, -0.15) is 4.31 Å². The molecule has 2 rings (SSSR count). The largest absolute Gasteiger partial charge is 0.491 e. The van der Waals surface area contributed by atoms with Crippen molar-refractivity contribution in [3.05, 3.63) is 60.2 Å². The van der Waals surface area contributed by atoms with Crippen LogP contribution in [0.1, 0.15) is 25.8 Å². The summed E-state index contributed by atoms with van der Waals surface area (Å²) < 4.78 is 31.6. The number of ether oxygens (including phenoxy) is 1. The maximum absolute atomic E-state index is 12.4. The van der Waals surface area contributed by atoms with Gasteiger partial charge in [0.15, 0.2) is 0 Å². The molecule has 0 saturated heterocycles. The number of sulfonamides is 1. The average Bonchev–Trinajstić information content (AvgIpc) is 2.65. The van der Waals surface area contributed by atoms with Crippen molar-refractivity contribution in [3.8, 4) is 5.75 Å². The van der Waals surface area contributed by atoms with E-state index in [0.29, 0.717) is 6.54 Å². The van der Waals surface area contributed by atoms with Crippen LogP contribution in [0.15, 0.2) is 59.5 Å². The van der Waals surface area contributed by atoms with Crippen molar-refractivity contribution in [3.63, 3.8) is 0 Å². The highest BCUT2D eigenvalue weighted by Gasteiger charge is 2.22. The monoisotopic (exact) mass is 404 g/mol. The van der Waals surface area contributed by atoms with Crippen LogP contribution >= 0.6 is 0 Å². The van der Waals surface area contributed by atoms with Gasteiger partial charge in [0, 0.05) is 13.6 Å². The van der Waals surface area contributed by atoms with Crippen molar-refractivity contribution < 1.29 is 17.9 Å². The van der Waals surface area contributed by atoms with Crippen molar-refractivity contribution in [1.29, 1.82) is 0 Å². The highest BCUT2D eigenvalue weighted by atomic mass is 32.2. The Labute approximate surface area is 167 Å². The first-order valence-electron chi connectivity index (χ1n) is 9.32. The maximum Gasteiger partial charge on any atom is 0.243 e. The molecule has 0 radical (unpaired) electrons. The molecule has 2 aromatic carbocycles. The van der Waals surface area contributed by atoms with Crippen molar-refractivity contribution in [1.82, 2.24) is 9.62 Å². The van der Waals surface area contributed by atoms with E-state index in [9.17, 15) is 13.2 Å². The molecule has 0 bridgehead atoms. The lowest BCUT2D eigenvalue weighted by atomic mass is 10.1. The van der Waals surface area contributed by atoms with Gasteiger partial charge < -0.3 is 10.1 Å². The topological polar surface area (TPSA) is 75.7 Å². The number of nitrogens with one attached hydrogen (secondary N) is 1. The Bertz CT molecular complexity index is 867. The van der Waals surface area contributed by atoms with Crippen molar-refractivity contribution in [2.75, 3.05) is 20.1 Å². The fourth-order valence-corrected chi connectivity index (χ4v) is 3.83. The third-order valence-corrected chi connectivity index (χ3v) is 5.87. The van der Waals surface area contributed by atoms with E-state index in [1.54, 1.807) is 18.2 Å². The highest BCUT2D eigenvalue weighted by molar-refractivity contribution is 7.89. The molecule has 0 aromatic heterocycles. The molecule has 0 spiro atoms. The van der Waals surface area contributed by atoms with Crippen molar-refractivity contribution in [2.24, 2.45) is 0 Å². The van der Waals surface area contributed by atoms with Crippen LogP contribution in [-0.2, 0) is 21.2 Å². The lowest BCUT2D eigenvalue weighted by Gasteiger charge is -2.17. The Morgan fingerprint density at radius 2 is 1.82 bits per heavy atom. The minimum atomic E-state index is -3.66. The Morgan fingerprint density at radius 1 is 1.11 bits per heavy atom. The Hall–Kier alpha value is -2.38. The van der Waals surface area contributed by atoms with Crippen LogP contribution in [0.5, 0.6) is 5.75 Å². The number of carbonyl (C=O) groups is 1. The SMILES string of the molecule is CC(C)Oc1cccc(CCCNC(=O)CN(C)S(=O)(=O)c2ccccc2)c1. The van der Waals surface area contributed by atoms with Gasteiger partial charge in [-0.15, -0.1) is 0 Å². The number of amides is 1. The van der Waals surface area contributed by atoms with Gasteiger partial charge in [-0.05, 0) is 56.5 Å². The number of benzene rings is 2. The molecule has 0 unspecified atom stereocenters. The lowest BCUT2D eigenvalue weighted by molar-refractivity contribution is -0.121. The van der Waals surface area contributed by atoms with Crippen LogP contribution in [0.25, 0.3) is 0 Å². The van der Waals surface area contributed by atoms with Gasteiger partial charge >= 0.3 is 0 Å². The van der Waals surface area contributed by atoms with E-state index in [0.717, 1.165) is 28.5 Å². The minimum absolute atomic E-state index is 0.124. The van der Waals surface area contributed by atoms with Crippen LogP contribution < -0.4 is 10.1 Å². The fourth-order valence-electron chi connectivity index (χ4n) is 2.68. The number of aryl methyl sites for hydroxylation is 1. The molecule has 0 aliphatic heterocycles. The number of rotatable bonds is 10. The van der Waals surface area contributed by atoms with Gasteiger partial charge in [-0.25, -0.2) is 8.42 Å². The molecule has 2 aromatic rings. The van der Waals surface area contributed by atoms with Gasteiger partial charge in [-0.1, -0.05) is 30.3 Å². The average molecular weight is 405 g/mol. The Kier molecular flexibility index (Phi) is 8.02. The standard InChI is InChI=1S/C21H28N2O4S/c1-17(2)27-19-11-7-9-18(15-19)10-8-14-22-21(24)16-23(3)28(25,26)20-12-5-4-6-13-20/h4-7,9,11-13,15,17H,8,10,14,16H2,1-3H3,(H,22,24). The highest BCUT2D eigenvalue weighted by Crippen LogP contribution is 2.16. The number of hydrogen-bond donors (Lipinski definition) is 1. The number of nitrogens with zero attached hydrogens (tertiary/aromatic N) is 1. The predicted molar refractivity (Wildman–Crippen MR) is 110 cm³/mol. The van der Waals surface area contributed by atoms with E-state index in [1.165, 1.54) is 19.2 Å². The summed E-state index contributed by atoms with van der Waals surface area (Å²) in [5.74, 6) is 0.517. The van der Waals surface area contributed by atoms with Gasteiger partial charge in [0.2, 0.25) is 15.9 Å². The summed E-state index contributed by atoms with van der Waals surface area (Å²) in [6.07, 6.45) is 1.68.